The van der Waals surface area contributed by atoms with Gasteiger partial charge < -0.3 is 10.5 Å². The van der Waals surface area contributed by atoms with Gasteiger partial charge in [-0.2, -0.15) is 0 Å². The van der Waals surface area contributed by atoms with Crippen molar-refractivity contribution in [2.24, 2.45) is 5.73 Å². The summed E-state index contributed by atoms with van der Waals surface area (Å²) < 4.78 is 7.29. The summed E-state index contributed by atoms with van der Waals surface area (Å²) in [7, 11) is 0. The van der Waals surface area contributed by atoms with E-state index in [-0.39, 0.29) is 0 Å². The Balaban J connectivity index is 2.24. The Labute approximate surface area is 98.8 Å². The minimum absolute atomic E-state index is 0.487. The van der Waals surface area contributed by atoms with Crippen molar-refractivity contribution < 1.29 is 4.74 Å². The summed E-state index contributed by atoms with van der Waals surface area (Å²) in [6, 6.07) is 2.00. The monoisotopic (exact) mass is 233 g/mol. The zero-order valence-electron chi connectivity index (χ0n) is 9.97. The molecule has 6 heteroatoms. The molecular formula is C11H15N5O. The summed E-state index contributed by atoms with van der Waals surface area (Å²) in [4.78, 5) is 4.35. The molecule has 2 N–H and O–H groups in total. The van der Waals surface area contributed by atoms with Crippen LogP contribution in [0.2, 0.25) is 0 Å². The molecule has 90 valence electrons. The molecule has 2 aromatic heterocycles. The number of nitrogens with two attached hydrogens (primary N) is 1. The summed E-state index contributed by atoms with van der Waals surface area (Å²) in [6.07, 6.45) is 0.765. The van der Waals surface area contributed by atoms with Crippen LogP contribution in [0.5, 0.6) is 0 Å². The molecule has 1 atom stereocenters. The van der Waals surface area contributed by atoms with Crippen molar-refractivity contribution >= 4 is 5.78 Å². The van der Waals surface area contributed by atoms with Crippen LogP contribution in [0, 0.1) is 13.8 Å². The molecule has 0 aliphatic carbocycles. The number of ether oxygens (including phenoxy) is 1. The van der Waals surface area contributed by atoms with Crippen molar-refractivity contribution in [3.8, 4) is 0 Å². The first-order chi connectivity index (χ1) is 8.10. The van der Waals surface area contributed by atoms with Crippen LogP contribution in [0.25, 0.3) is 5.78 Å². The third kappa shape index (κ3) is 1.52. The van der Waals surface area contributed by atoms with E-state index in [0.29, 0.717) is 19.0 Å². The van der Waals surface area contributed by atoms with Crippen molar-refractivity contribution in [2.45, 2.75) is 25.8 Å². The molecule has 0 radical (unpaired) electrons. The van der Waals surface area contributed by atoms with Crippen LogP contribution in [0.4, 0.5) is 0 Å². The third-order valence-electron chi connectivity index (χ3n) is 3.19. The van der Waals surface area contributed by atoms with E-state index in [1.807, 2.05) is 24.3 Å². The Morgan fingerprint density at radius 1 is 1.41 bits per heavy atom. The summed E-state index contributed by atoms with van der Waals surface area (Å²) in [6.45, 7) is 5.11. The zero-order valence-corrected chi connectivity index (χ0v) is 9.97. The Morgan fingerprint density at radius 2 is 2.24 bits per heavy atom. The maximum atomic E-state index is 6.32. The Bertz CT molecular complexity index is 570. The molecule has 1 aliphatic rings. The fraction of sp³-hybridized carbons (Fsp3) is 0.545. The predicted octanol–water partition coefficient (Wildman–Crippen LogP) is 0.315. The maximum Gasteiger partial charge on any atom is 0.255 e. The average Bonchev–Trinajstić information content (AvgIpc) is 2.84. The number of aryl methyl sites for hydroxylation is 2. The van der Waals surface area contributed by atoms with Crippen LogP contribution >= 0.6 is 0 Å². The predicted molar refractivity (Wildman–Crippen MR) is 61.6 cm³/mol. The second-order valence-electron chi connectivity index (χ2n) is 4.66. The van der Waals surface area contributed by atoms with E-state index < -0.39 is 5.54 Å². The molecule has 0 saturated carbocycles. The van der Waals surface area contributed by atoms with Crippen LogP contribution in [0.3, 0.4) is 0 Å². The highest BCUT2D eigenvalue weighted by molar-refractivity contribution is 5.34. The highest BCUT2D eigenvalue weighted by atomic mass is 16.5. The number of hydrogen-bond donors (Lipinski definition) is 1. The molecule has 1 aliphatic heterocycles. The van der Waals surface area contributed by atoms with Gasteiger partial charge in [-0.25, -0.2) is 4.98 Å². The molecule has 3 heterocycles. The van der Waals surface area contributed by atoms with Crippen LogP contribution in [-0.4, -0.2) is 32.8 Å². The molecular weight excluding hydrogens is 218 g/mol. The lowest BCUT2D eigenvalue weighted by molar-refractivity contribution is 0.176. The molecule has 0 amide bonds. The largest absolute Gasteiger partial charge is 0.379 e. The quantitative estimate of drug-likeness (QED) is 0.767. The summed E-state index contributed by atoms with van der Waals surface area (Å²) >= 11 is 0. The number of rotatable bonds is 1. The Hall–Kier alpha value is -1.53. The van der Waals surface area contributed by atoms with Crippen molar-refractivity contribution in [3.05, 3.63) is 23.3 Å². The van der Waals surface area contributed by atoms with Gasteiger partial charge in [-0.15, -0.1) is 10.2 Å². The SMILES string of the molecule is Cc1cc(C)n2c(C3(N)CCOC3)nnc2n1. The molecule has 3 rings (SSSR count). The molecule has 2 aromatic rings. The van der Waals surface area contributed by atoms with Gasteiger partial charge in [0.15, 0.2) is 5.82 Å². The van der Waals surface area contributed by atoms with Crippen molar-refractivity contribution in [1.82, 2.24) is 19.6 Å². The molecule has 0 spiro atoms. The topological polar surface area (TPSA) is 78.3 Å². The van der Waals surface area contributed by atoms with E-state index in [0.717, 1.165) is 23.6 Å². The summed E-state index contributed by atoms with van der Waals surface area (Å²) in [5, 5.41) is 8.29. The molecule has 17 heavy (non-hydrogen) atoms. The lowest BCUT2D eigenvalue weighted by Crippen LogP contribution is -2.39. The first kappa shape index (κ1) is 10.6. The van der Waals surface area contributed by atoms with Gasteiger partial charge in [-0.3, -0.25) is 4.40 Å². The van der Waals surface area contributed by atoms with Crippen LogP contribution in [0.15, 0.2) is 6.07 Å². The van der Waals surface area contributed by atoms with Gasteiger partial charge in [0.2, 0.25) is 0 Å². The second kappa shape index (κ2) is 3.48. The van der Waals surface area contributed by atoms with E-state index >= 15 is 0 Å². The Morgan fingerprint density at radius 3 is 2.94 bits per heavy atom. The normalized spacial score (nSPS) is 24.6. The fourth-order valence-electron chi connectivity index (χ4n) is 2.31. The standard InChI is InChI=1S/C11H15N5O/c1-7-5-8(2)16-9(14-15-10(16)13-7)11(12)3-4-17-6-11/h5H,3-4,6,12H2,1-2H3. The lowest BCUT2D eigenvalue weighted by Gasteiger charge is -2.19. The van der Waals surface area contributed by atoms with E-state index in [1.54, 1.807) is 0 Å². The number of fused-ring (bicyclic) bond motifs is 1. The van der Waals surface area contributed by atoms with E-state index in [1.165, 1.54) is 0 Å². The number of aromatic nitrogens is 4. The zero-order chi connectivity index (χ0) is 12.0. The van der Waals surface area contributed by atoms with Crippen LogP contribution in [-0.2, 0) is 10.3 Å². The minimum atomic E-state index is -0.541. The highest BCUT2D eigenvalue weighted by Gasteiger charge is 2.37. The number of hydrogen-bond acceptors (Lipinski definition) is 5. The smallest absolute Gasteiger partial charge is 0.255 e. The highest BCUT2D eigenvalue weighted by Crippen LogP contribution is 2.27. The summed E-state index contributed by atoms with van der Waals surface area (Å²) in [5.74, 6) is 1.35. The maximum absolute atomic E-state index is 6.32. The van der Waals surface area contributed by atoms with Gasteiger partial charge in [-0.1, -0.05) is 0 Å². The van der Waals surface area contributed by atoms with Gasteiger partial charge in [0.1, 0.15) is 5.54 Å². The van der Waals surface area contributed by atoms with Gasteiger partial charge in [0.05, 0.1) is 6.61 Å². The molecule has 0 aromatic carbocycles. The first-order valence-corrected chi connectivity index (χ1v) is 5.67. The molecule has 0 bridgehead atoms. The van der Waals surface area contributed by atoms with Crippen LogP contribution in [0.1, 0.15) is 23.6 Å². The lowest BCUT2D eigenvalue weighted by atomic mass is 9.99. The van der Waals surface area contributed by atoms with Crippen LogP contribution < -0.4 is 5.73 Å². The van der Waals surface area contributed by atoms with Crippen molar-refractivity contribution in [3.63, 3.8) is 0 Å². The van der Waals surface area contributed by atoms with Gasteiger partial charge in [-0.05, 0) is 26.3 Å². The molecule has 1 fully saturated rings. The van der Waals surface area contributed by atoms with E-state index in [2.05, 4.69) is 15.2 Å². The fourth-order valence-corrected chi connectivity index (χ4v) is 2.31. The Kier molecular flexibility index (Phi) is 2.17. The third-order valence-corrected chi connectivity index (χ3v) is 3.19. The van der Waals surface area contributed by atoms with Gasteiger partial charge in [0.25, 0.3) is 5.78 Å². The number of nitrogens with zero attached hydrogens (tertiary/aromatic N) is 4. The molecule has 1 unspecified atom stereocenters. The minimum Gasteiger partial charge on any atom is -0.379 e. The van der Waals surface area contributed by atoms with Gasteiger partial charge in [0, 0.05) is 18.0 Å². The van der Waals surface area contributed by atoms with Crippen molar-refractivity contribution in [2.75, 3.05) is 13.2 Å². The first-order valence-electron chi connectivity index (χ1n) is 5.67. The molecule has 1 saturated heterocycles. The van der Waals surface area contributed by atoms with Crippen molar-refractivity contribution in [1.29, 1.82) is 0 Å². The van der Waals surface area contributed by atoms with Gasteiger partial charge >= 0.3 is 0 Å². The second-order valence-corrected chi connectivity index (χ2v) is 4.66. The average molecular weight is 233 g/mol. The van der Waals surface area contributed by atoms with E-state index in [9.17, 15) is 0 Å². The molecule has 6 nitrogen and oxygen atoms in total. The van der Waals surface area contributed by atoms with E-state index in [4.69, 9.17) is 10.5 Å². The summed E-state index contributed by atoms with van der Waals surface area (Å²) in [5.41, 5.74) is 7.76.